The van der Waals surface area contributed by atoms with Gasteiger partial charge in [-0.15, -0.1) is 0 Å². The number of alkyl halides is 3. The van der Waals surface area contributed by atoms with Crippen LogP contribution in [0.4, 0.5) is 13.2 Å². The van der Waals surface area contributed by atoms with Gasteiger partial charge in [-0.05, 0) is 32.9 Å². The van der Waals surface area contributed by atoms with Crippen LogP contribution < -0.4 is 0 Å². The van der Waals surface area contributed by atoms with Gasteiger partial charge in [0.25, 0.3) is 0 Å². The summed E-state index contributed by atoms with van der Waals surface area (Å²) in [5.41, 5.74) is -4.61. The highest BCUT2D eigenvalue weighted by Crippen LogP contribution is 2.42. The van der Waals surface area contributed by atoms with Gasteiger partial charge in [-0.1, -0.05) is 36.4 Å². The van der Waals surface area contributed by atoms with Crippen LogP contribution >= 0.6 is 0 Å². The molecule has 25 heavy (non-hydrogen) atoms. The van der Waals surface area contributed by atoms with Gasteiger partial charge in [0.05, 0.1) is 5.60 Å². The fraction of sp³-hybridized carbons (Fsp3) is 0.333. The first-order chi connectivity index (χ1) is 11.4. The lowest BCUT2D eigenvalue weighted by molar-refractivity contribution is -0.259. The number of hydrogen-bond acceptors (Lipinski definition) is 3. The Kier molecular flexibility index (Phi) is 5.26. The van der Waals surface area contributed by atoms with Crippen LogP contribution in [0.3, 0.4) is 0 Å². The van der Waals surface area contributed by atoms with Gasteiger partial charge in [-0.3, -0.25) is 0 Å². The topological polar surface area (TPSA) is 63.5 Å². The molecule has 0 heterocycles. The van der Waals surface area contributed by atoms with E-state index in [2.05, 4.69) is 0 Å². The third-order valence-electron chi connectivity index (χ3n) is 3.91. The van der Waals surface area contributed by atoms with Crippen LogP contribution in [0.25, 0.3) is 0 Å². The molecular weight excluding hydrogens is 353 g/mol. The maximum Gasteiger partial charge on any atom is 0.421 e. The van der Waals surface area contributed by atoms with Gasteiger partial charge < -0.3 is 14.8 Å². The zero-order chi connectivity index (χ0) is 19.0. The fourth-order valence-corrected chi connectivity index (χ4v) is 4.06. The number of benzene rings is 2. The minimum absolute atomic E-state index is 0.151. The molecule has 2 aromatic rings. The largest absolute Gasteiger partial charge is 0.606 e. The highest BCUT2D eigenvalue weighted by Gasteiger charge is 2.53. The minimum atomic E-state index is -4.93. The summed E-state index contributed by atoms with van der Waals surface area (Å²) in [5, 5.41) is 20.3. The SMILES string of the molecule is CC(C)(O)c1ccccc1[S+]([O-])c1ccccc1C(C)(O)C(F)(F)F. The van der Waals surface area contributed by atoms with Gasteiger partial charge in [0.2, 0.25) is 0 Å². The molecule has 0 amide bonds. The van der Waals surface area contributed by atoms with Crippen LogP contribution in [0.15, 0.2) is 58.3 Å². The van der Waals surface area contributed by atoms with E-state index in [1.165, 1.54) is 38.1 Å². The molecule has 0 saturated heterocycles. The molecule has 0 aromatic heterocycles. The lowest BCUT2D eigenvalue weighted by atomic mass is 9.95. The monoisotopic (exact) mass is 372 g/mol. The third-order valence-corrected chi connectivity index (χ3v) is 5.42. The summed E-state index contributed by atoms with van der Waals surface area (Å²) in [6.45, 7) is 3.63. The maximum absolute atomic E-state index is 13.2. The summed E-state index contributed by atoms with van der Waals surface area (Å²) >= 11 is -2.02. The van der Waals surface area contributed by atoms with Crippen molar-refractivity contribution in [3.63, 3.8) is 0 Å². The van der Waals surface area contributed by atoms with Crippen molar-refractivity contribution in [1.29, 1.82) is 0 Å². The highest BCUT2D eigenvalue weighted by molar-refractivity contribution is 7.91. The highest BCUT2D eigenvalue weighted by atomic mass is 32.2. The van der Waals surface area contributed by atoms with Crippen LogP contribution in [0.1, 0.15) is 31.9 Å². The predicted octanol–water partition coefficient (Wildman–Crippen LogP) is 3.85. The van der Waals surface area contributed by atoms with Crippen molar-refractivity contribution in [2.75, 3.05) is 0 Å². The Hall–Kier alpha value is -1.54. The zero-order valence-corrected chi connectivity index (χ0v) is 14.8. The van der Waals surface area contributed by atoms with E-state index in [1.807, 2.05) is 0 Å². The Morgan fingerprint density at radius 1 is 0.800 bits per heavy atom. The second kappa shape index (κ2) is 6.64. The molecule has 0 radical (unpaired) electrons. The molecule has 7 heteroatoms. The summed E-state index contributed by atoms with van der Waals surface area (Å²) < 4.78 is 52.8. The van der Waals surface area contributed by atoms with Gasteiger partial charge in [0, 0.05) is 22.3 Å². The molecule has 0 spiro atoms. The molecule has 0 aliphatic carbocycles. The van der Waals surface area contributed by atoms with Crippen molar-refractivity contribution in [3.8, 4) is 0 Å². The summed E-state index contributed by atoms with van der Waals surface area (Å²) in [6, 6.07) is 11.5. The molecule has 0 fully saturated rings. The van der Waals surface area contributed by atoms with E-state index >= 15 is 0 Å². The van der Waals surface area contributed by atoms with Gasteiger partial charge >= 0.3 is 6.18 Å². The Balaban J connectivity index is 2.63. The Morgan fingerprint density at radius 2 is 1.20 bits per heavy atom. The molecule has 2 rings (SSSR count). The quantitative estimate of drug-likeness (QED) is 0.802. The van der Waals surface area contributed by atoms with Crippen molar-refractivity contribution >= 4 is 11.2 Å². The van der Waals surface area contributed by atoms with E-state index in [4.69, 9.17) is 0 Å². The number of aliphatic hydroxyl groups is 2. The minimum Gasteiger partial charge on any atom is -0.606 e. The molecular formula is C18H19F3O3S. The maximum atomic E-state index is 13.2. The summed E-state index contributed by atoms with van der Waals surface area (Å²) in [6.07, 6.45) is -4.93. The van der Waals surface area contributed by atoms with Crippen LogP contribution in [0.5, 0.6) is 0 Å². The lowest BCUT2D eigenvalue weighted by Crippen LogP contribution is -2.40. The molecule has 3 nitrogen and oxygen atoms in total. The van der Waals surface area contributed by atoms with Gasteiger partial charge in [0.1, 0.15) is 0 Å². The number of rotatable bonds is 4. The van der Waals surface area contributed by atoms with Crippen molar-refractivity contribution in [3.05, 3.63) is 59.7 Å². The number of hydrogen-bond donors (Lipinski definition) is 2. The summed E-state index contributed by atoms with van der Waals surface area (Å²) in [4.78, 5) is 0.0435. The van der Waals surface area contributed by atoms with Crippen LogP contribution in [-0.2, 0) is 22.4 Å². The Labute approximate surface area is 147 Å². The molecule has 0 bridgehead atoms. The lowest BCUT2D eigenvalue weighted by Gasteiger charge is -2.29. The van der Waals surface area contributed by atoms with E-state index in [1.54, 1.807) is 18.2 Å². The first-order valence-corrected chi connectivity index (χ1v) is 8.64. The van der Waals surface area contributed by atoms with Crippen molar-refractivity contribution in [2.45, 2.75) is 47.9 Å². The van der Waals surface area contributed by atoms with E-state index in [0.29, 0.717) is 12.5 Å². The Bertz CT molecular complexity index is 752. The van der Waals surface area contributed by atoms with Crippen molar-refractivity contribution in [1.82, 2.24) is 0 Å². The molecule has 136 valence electrons. The van der Waals surface area contributed by atoms with Crippen molar-refractivity contribution in [2.24, 2.45) is 0 Å². The average Bonchev–Trinajstić information content (AvgIpc) is 2.52. The second-order valence-electron chi connectivity index (χ2n) is 6.39. The molecule has 2 aromatic carbocycles. The van der Waals surface area contributed by atoms with E-state index in [9.17, 15) is 27.9 Å². The molecule has 2 atom stereocenters. The molecule has 0 aliphatic rings. The standard InChI is InChI=1S/C18H19F3O3S/c1-16(2,22)12-8-4-6-10-14(12)25(24)15-11-7-5-9-13(15)17(3,23)18(19,20)21/h4-11,22-23H,1-3H3. The summed E-state index contributed by atoms with van der Waals surface area (Å²) in [5.74, 6) is 0. The van der Waals surface area contributed by atoms with E-state index < -0.39 is 34.1 Å². The van der Waals surface area contributed by atoms with Crippen LogP contribution in [0, 0.1) is 0 Å². The second-order valence-corrected chi connectivity index (χ2v) is 7.81. The van der Waals surface area contributed by atoms with Crippen LogP contribution in [0.2, 0.25) is 0 Å². The molecule has 2 N–H and O–H groups in total. The smallest absolute Gasteiger partial charge is 0.421 e. The first-order valence-electron chi connectivity index (χ1n) is 7.49. The predicted molar refractivity (Wildman–Crippen MR) is 88.4 cm³/mol. The normalized spacial score (nSPS) is 16.4. The molecule has 0 aliphatic heterocycles. The van der Waals surface area contributed by atoms with Crippen LogP contribution in [-0.4, -0.2) is 20.9 Å². The average molecular weight is 372 g/mol. The number of halogens is 3. The first kappa shape index (κ1) is 19.8. The molecule has 0 saturated carbocycles. The van der Waals surface area contributed by atoms with Gasteiger partial charge in [-0.25, -0.2) is 0 Å². The zero-order valence-electron chi connectivity index (χ0n) is 14.0. The van der Waals surface area contributed by atoms with Gasteiger partial charge in [0.15, 0.2) is 15.4 Å². The Morgan fingerprint density at radius 3 is 1.64 bits per heavy atom. The summed E-state index contributed by atoms with van der Waals surface area (Å²) in [7, 11) is 0. The van der Waals surface area contributed by atoms with E-state index in [-0.39, 0.29) is 9.79 Å². The molecule has 2 unspecified atom stereocenters. The third kappa shape index (κ3) is 3.84. The fourth-order valence-electron chi connectivity index (χ4n) is 2.44. The van der Waals surface area contributed by atoms with E-state index in [0.717, 1.165) is 6.07 Å². The van der Waals surface area contributed by atoms with Gasteiger partial charge in [-0.2, -0.15) is 13.2 Å². The van der Waals surface area contributed by atoms with Crippen molar-refractivity contribution < 1.29 is 27.9 Å².